The van der Waals surface area contributed by atoms with Crippen molar-refractivity contribution < 1.29 is 21.9 Å². The molecule has 0 aliphatic carbocycles. The maximum absolute atomic E-state index is 12.7. The Morgan fingerprint density at radius 2 is 1.36 bits per heavy atom. The third kappa shape index (κ3) is 2.00. The maximum Gasteiger partial charge on any atom is 0.209 e. The lowest BCUT2D eigenvalue weighted by Crippen LogP contribution is -2.20. The van der Waals surface area contributed by atoms with E-state index >= 15 is 0 Å². The molecule has 0 saturated carbocycles. The first-order valence-corrected chi connectivity index (χ1v) is 9.61. The SMILES string of the molecule is CC(CO)c1ccc2c(c1)S(=O)(=O)c1ccccc1S2(=O)=O. The van der Waals surface area contributed by atoms with Crippen LogP contribution in [-0.2, 0) is 19.7 Å². The van der Waals surface area contributed by atoms with E-state index < -0.39 is 19.7 Å². The van der Waals surface area contributed by atoms with Crippen LogP contribution in [0.15, 0.2) is 62.0 Å². The van der Waals surface area contributed by atoms with E-state index in [-0.39, 0.29) is 32.1 Å². The van der Waals surface area contributed by atoms with Crippen LogP contribution in [0.4, 0.5) is 0 Å². The van der Waals surface area contributed by atoms with E-state index in [2.05, 4.69) is 0 Å². The van der Waals surface area contributed by atoms with Gasteiger partial charge in [0.15, 0.2) is 0 Å². The average molecular weight is 338 g/mol. The third-order valence-corrected chi connectivity index (χ3v) is 7.80. The molecule has 0 spiro atoms. The zero-order chi connectivity index (χ0) is 16.1. The van der Waals surface area contributed by atoms with Gasteiger partial charge >= 0.3 is 0 Å². The van der Waals surface area contributed by atoms with Gasteiger partial charge in [-0.25, -0.2) is 16.8 Å². The number of fused-ring (bicyclic) bond motifs is 2. The van der Waals surface area contributed by atoms with Gasteiger partial charge in [0.05, 0.1) is 19.6 Å². The lowest BCUT2D eigenvalue weighted by atomic mass is 10.0. The van der Waals surface area contributed by atoms with Gasteiger partial charge in [0, 0.05) is 12.5 Å². The Hall–Kier alpha value is -1.70. The van der Waals surface area contributed by atoms with Crippen molar-refractivity contribution in [3.63, 3.8) is 0 Å². The fraction of sp³-hybridized carbons (Fsp3) is 0.200. The number of hydrogen-bond donors (Lipinski definition) is 1. The van der Waals surface area contributed by atoms with E-state index in [1.807, 2.05) is 0 Å². The molecule has 0 bridgehead atoms. The van der Waals surface area contributed by atoms with Crippen LogP contribution < -0.4 is 0 Å². The molecule has 1 heterocycles. The Kier molecular flexibility index (Phi) is 3.39. The maximum atomic E-state index is 12.7. The van der Waals surface area contributed by atoms with E-state index in [0.717, 1.165) is 0 Å². The molecule has 1 aliphatic rings. The molecule has 3 rings (SSSR count). The summed E-state index contributed by atoms with van der Waals surface area (Å²) < 4.78 is 50.7. The van der Waals surface area contributed by atoms with Crippen molar-refractivity contribution >= 4 is 19.7 Å². The third-order valence-electron chi connectivity index (χ3n) is 3.82. The molecular formula is C15H14O5S2. The van der Waals surface area contributed by atoms with E-state index in [0.29, 0.717) is 5.56 Å². The lowest BCUT2D eigenvalue weighted by Gasteiger charge is -2.21. The smallest absolute Gasteiger partial charge is 0.209 e. The van der Waals surface area contributed by atoms with Crippen molar-refractivity contribution in [1.82, 2.24) is 0 Å². The predicted octanol–water partition coefficient (Wildman–Crippen LogP) is 1.76. The van der Waals surface area contributed by atoms with Gasteiger partial charge in [0.1, 0.15) is 0 Å². The molecule has 0 aromatic heterocycles. The van der Waals surface area contributed by atoms with Gasteiger partial charge in [-0.2, -0.15) is 0 Å². The summed E-state index contributed by atoms with van der Waals surface area (Å²) in [6, 6.07) is 9.79. The summed E-state index contributed by atoms with van der Waals surface area (Å²) >= 11 is 0. The molecule has 0 saturated heterocycles. The molecule has 22 heavy (non-hydrogen) atoms. The fourth-order valence-corrected chi connectivity index (χ4v) is 6.67. The Morgan fingerprint density at radius 3 is 1.91 bits per heavy atom. The van der Waals surface area contributed by atoms with Gasteiger partial charge in [0.25, 0.3) is 0 Å². The van der Waals surface area contributed by atoms with Gasteiger partial charge in [-0.05, 0) is 29.8 Å². The second-order valence-electron chi connectivity index (χ2n) is 5.24. The van der Waals surface area contributed by atoms with E-state index in [1.165, 1.54) is 36.4 Å². The van der Waals surface area contributed by atoms with Crippen LogP contribution >= 0.6 is 0 Å². The van der Waals surface area contributed by atoms with Crippen LogP contribution in [0.25, 0.3) is 0 Å². The van der Waals surface area contributed by atoms with Crippen molar-refractivity contribution in [3.8, 4) is 0 Å². The molecule has 2 aromatic rings. The van der Waals surface area contributed by atoms with Crippen LogP contribution in [0.2, 0.25) is 0 Å². The van der Waals surface area contributed by atoms with Crippen LogP contribution in [0.5, 0.6) is 0 Å². The van der Waals surface area contributed by atoms with E-state index in [1.54, 1.807) is 13.0 Å². The van der Waals surface area contributed by atoms with Crippen LogP contribution in [0, 0.1) is 0 Å². The monoisotopic (exact) mass is 338 g/mol. The summed E-state index contributed by atoms with van der Waals surface area (Å²) in [6.45, 7) is 1.59. The Morgan fingerprint density at radius 1 is 0.864 bits per heavy atom. The molecule has 0 radical (unpaired) electrons. The first-order valence-electron chi connectivity index (χ1n) is 6.64. The minimum Gasteiger partial charge on any atom is -0.396 e. The summed E-state index contributed by atoms with van der Waals surface area (Å²) in [4.78, 5) is -0.814. The number of hydrogen-bond acceptors (Lipinski definition) is 5. The van der Waals surface area contributed by atoms with E-state index in [4.69, 9.17) is 0 Å². The molecule has 5 nitrogen and oxygen atoms in total. The minimum absolute atomic E-state index is 0.151. The Balaban J connectivity index is 2.39. The van der Waals surface area contributed by atoms with Crippen molar-refractivity contribution in [1.29, 1.82) is 0 Å². The first-order chi connectivity index (χ1) is 10.3. The second-order valence-corrected chi connectivity index (χ2v) is 9.02. The molecular weight excluding hydrogens is 324 g/mol. The highest BCUT2D eigenvalue weighted by Gasteiger charge is 2.39. The summed E-state index contributed by atoms with van der Waals surface area (Å²) in [6.07, 6.45) is 0. The number of aliphatic hydroxyl groups is 1. The molecule has 1 atom stereocenters. The highest BCUT2D eigenvalue weighted by atomic mass is 32.2. The Labute approximate surface area is 129 Å². The number of sulfone groups is 2. The predicted molar refractivity (Wildman–Crippen MR) is 79.3 cm³/mol. The zero-order valence-corrected chi connectivity index (χ0v) is 13.4. The molecule has 0 amide bonds. The van der Waals surface area contributed by atoms with E-state index in [9.17, 15) is 21.9 Å². The summed E-state index contributed by atoms with van der Waals surface area (Å²) in [7, 11) is -7.76. The second kappa shape index (κ2) is 4.91. The standard InChI is InChI=1S/C15H14O5S2/c1-10(9-16)11-6-7-14-15(8-11)22(19,20)13-5-3-2-4-12(13)21(14,17)18/h2-8,10,16H,9H2,1H3. The number of benzene rings is 2. The fourth-order valence-electron chi connectivity index (χ4n) is 2.50. The largest absolute Gasteiger partial charge is 0.396 e. The van der Waals surface area contributed by atoms with Gasteiger partial charge in [-0.15, -0.1) is 0 Å². The van der Waals surface area contributed by atoms with Gasteiger partial charge in [-0.3, -0.25) is 0 Å². The highest BCUT2D eigenvalue weighted by Crippen LogP contribution is 2.40. The summed E-state index contributed by atoms with van der Waals surface area (Å²) in [5.41, 5.74) is 0.583. The molecule has 0 fully saturated rings. The zero-order valence-electron chi connectivity index (χ0n) is 11.7. The molecule has 1 N–H and O–H groups in total. The lowest BCUT2D eigenvalue weighted by molar-refractivity contribution is 0.273. The van der Waals surface area contributed by atoms with Crippen molar-refractivity contribution in [2.24, 2.45) is 0 Å². The Bertz CT molecular complexity index is 959. The molecule has 7 heteroatoms. The van der Waals surface area contributed by atoms with Crippen LogP contribution in [-0.4, -0.2) is 28.5 Å². The quantitative estimate of drug-likeness (QED) is 0.769. The first kappa shape index (κ1) is 15.2. The van der Waals surface area contributed by atoms with Crippen molar-refractivity contribution in [2.75, 3.05) is 6.61 Å². The molecule has 2 aromatic carbocycles. The number of rotatable bonds is 2. The van der Waals surface area contributed by atoms with Gasteiger partial charge in [-0.1, -0.05) is 25.1 Å². The van der Waals surface area contributed by atoms with Crippen molar-refractivity contribution in [3.05, 3.63) is 48.0 Å². The summed E-state index contributed by atoms with van der Waals surface area (Å²) in [5, 5.41) is 9.22. The number of aliphatic hydroxyl groups excluding tert-OH is 1. The highest BCUT2D eigenvalue weighted by molar-refractivity contribution is 7.97. The average Bonchev–Trinajstić information content (AvgIpc) is 2.52. The molecule has 1 unspecified atom stereocenters. The normalized spacial score (nSPS) is 19.0. The summed E-state index contributed by atoms with van der Waals surface area (Å²) in [5.74, 6) is -0.277. The molecule has 116 valence electrons. The van der Waals surface area contributed by atoms with Crippen LogP contribution in [0.3, 0.4) is 0 Å². The van der Waals surface area contributed by atoms with Gasteiger partial charge < -0.3 is 5.11 Å². The van der Waals surface area contributed by atoms with Gasteiger partial charge in [0.2, 0.25) is 19.7 Å². The molecule has 1 aliphatic heterocycles. The topological polar surface area (TPSA) is 88.5 Å². The minimum atomic E-state index is -3.90. The van der Waals surface area contributed by atoms with Crippen LogP contribution in [0.1, 0.15) is 18.4 Å². The van der Waals surface area contributed by atoms with Crippen molar-refractivity contribution in [2.45, 2.75) is 32.4 Å².